The van der Waals surface area contributed by atoms with Crippen molar-refractivity contribution in [2.45, 2.75) is 39.5 Å². The molecule has 1 aromatic heterocycles. The number of amides is 1. The number of H-pyrrole nitrogens is 1. The van der Waals surface area contributed by atoms with Crippen LogP contribution >= 0.6 is 0 Å². The van der Waals surface area contributed by atoms with Crippen LogP contribution in [0.15, 0.2) is 30.6 Å². The lowest BCUT2D eigenvalue weighted by atomic mass is 10.2. The summed E-state index contributed by atoms with van der Waals surface area (Å²) in [5.41, 5.74) is 2.80. The molecule has 0 spiro atoms. The molecule has 0 atom stereocenters. The van der Waals surface area contributed by atoms with Crippen LogP contribution in [0.4, 0.5) is 4.79 Å². The Labute approximate surface area is 115 Å². The molecule has 1 rings (SSSR count). The third-order valence-corrected chi connectivity index (χ3v) is 2.48. The zero-order chi connectivity index (χ0) is 14.3. The molecule has 2 N–H and O–H groups in total. The van der Waals surface area contributed by atoms with Crippen LogP contribution < -0.4 is 15.5 Å². The molecule has 1 amide bonds. The first-order valence-corrected chi connectivity index (χ1v) is 6.85. The number of hydrogen-bond acceptors (Lipinski definition) is 3. The number of hydrogen-bond donors (Lipinski definition) is 1. The first-order chi connectivity index (χ1) is 9.22. The smallest absolute Gasteiger partial charge is 0.166 e. The summed E-state index contributed by atoms with van der Waals surface area (Å²) in [6, 6.07) is 5.86. The van der Waals surface area contributed by atoms with Crippen molar-refractivity contribution in [2.24, 2.45) is 0 Å². The molecule has 0 aliphatic carbocycles. The summed E-state index contributed by atoms with van der Waals surface area (Å²) in [4.78, 5) is 13.3. The summed E-state index contributed by atoms with van der Waals surface area (Å²) in [6.45, 7) is 5.06. The fourth-order valence-corrected chi connectivity index (χ4v) is 1.41. The SMILES string of the molecule is CCCCCCNN(CC)C(=O)[O-].c1cc[nH+]cc1. The summed E-state index contributed by atoms with van der Waals surface area (Å²) in [5, 5.41) is 11.5. The van der Waals surface area contributed by atoms with Gasteiger partial charge in [-0.15, -0.1) is 0 Å². The van der Waals surface area contributed by atoms with Gasteiger partial charge in [-0.1, -0.05) is 32.3 Å². The van der Waals surface area contributed by atoms with Gasteiger partial charge in [-0.05, 0) is 13.3 Å². The average molecular weight is 267 g/mol. The van der Waals surface area contributed by atoms with Crippen molar-refractivity contribution in [3.05, 3.63) is 30.6 Å². The molecule has 1 heterocycles. The molecule has 19 heavy (non-hydrogen) atoms. The van der Waals surface area contributed by atoms with Gasteiger partial charge in [0.15, 0.2) is 18.5 Å². The van der Waals surface area contributed by atoms with E-state index in [2.05, 4.69) is 17.3 Å². The van der Waals surface area contributed by atoms with Gasteiger partial charge in [0.25, 0.3) is 0 Å². The molecule has 0 fully saturated rings. The molecular weight excluding hydrogens is 242 g/mol. The Balaban J connectivity index is 0.000000443. The Bertz CT molecular complexity index is 280. The van der Waals surface area contributed by atoms with Crippen LogP contribution in [0.1, 0.15) is 39.5 Å². The highest BCUT2D eigenvalue weighted by Crippen LogP contribution is 1.97. The molecule has 5 heteroatoms. The molecule has 0 bridgehead atoms. The van der Waals surface area contributed by atoms with Crippen molar-refractivity contribution in [2.75, 3.05) is 13.1 Å². The van der Waals surface area contributed by atoms with Crippen molar-refractivity contribution in [1.82, 2.24) is 10.4 Å². The topological polar surface area (TPSA) is 69.5 Å². The van der Waals surface area contributed by atoms with Gasteiger partial charge in [-0.2, -0.15) is 0 Å². The lowest BCUT2D eigenvalue weighted by Crippen LogP contribution is -2.49. The third-order valence-electron chi connectivity index (χ3n) is 2.48. The predicted octanol–water partition coefficient (Wildman–Crippen LogP) is 1.24. The number of hydrazine groups is 1. The fourth-order valence-electron chi connectivity index (χ4n) is 1.41. The van der Waals surface area contributed by atoms with Gasteiger partial charge in [-0.3, -0.25) is 5.01 Å². The number of pyridine rings is 1. The van der Waals surface area contributed by atoms with Crippen LogP contribution in [0.25, 0.3) is 0 Å². The monoisotopic (exact) mass is 267 g/mol. The van der Waals surface area contributed by atoms with Crippen LogP contribution in [-0.4, -0.2) is 24.2 Å². The number of carbonyl (C=O) groups is 1. The van der Waals surface area contributed by atoms with Crippen molar-refractivity contribution in [1.29, 1.82) is 0 Å². The van der Waals surface area contributed by atoms with Gasteiger partial charge in [0.2, 0.25) is 0 Å². The molecule has 0 radical (unpaired) electrons. The summed E-state index contributed by atoms with van der Waals surface area (Å²) in [6.07, 6.45) is 7.15. The van der Waals surface area contributed by atoms with E-state index in [9.17, 15) is 9.90 Å². The molecule has 1 aromatic rings. The highest BCUT2D eigenvalue weighted by molar-refractivity contribution is 5.61. The molecule has 5 nitrogen and oxygen atoms in total. The van der Waals surface area contributed by atoms with Crippen LogP contribution in [0.5, 0.6) is 0 Å². The van der Waals surface area contributed by atoms with E-state index in [1.807, 2.05) is 30.6 Å². The second-order valence-corrected chi connectivity index (χ2v) is 4.06. The Kier molecular flexibility index (Phi) is 11.7. The zero-order valence-corrected chi connectivity index (χ0v) is 11.9. The summed E-state index contributed by atoms with van der Waals surface area (Å²) in [7, 11) is 0. The van der Waals surface area contributed by atoms with Crippen molar-refractivity contribution >= 4 is 6.09 Å². The predicted molar refractivity (Wildman–Crippen MR) is 72.9 cm³/mol. The molecule has 0 aliphatic heterocycles. The first-order valence-electron chi connectivity index (χ1n) is 6.85. The summed E-state index contributed by atoms with van der Waals surface area (Å²) >= 11 is 0. The van der Waals surface area contributed by atoms with Crippen LogP contribution in [0.2, 0.25) is 0 Å². The Morgan fingerprint density at radius 3 is 2.21 bits per heavy atom. The number of rotatable bonds is 7. The number of carbonyl (C=O) groups excluding carboxylic acids is 1. The minimum absolute atomic E-state index is 0.427. The normalized spacial score (nSPS) is 9.37. The number of nitrogens with one attached hydrogen (secondary N) is 2. The van der Waals surface area contributed by atoms with E-state index in [0.717, 1.165) is 17.9 Å². The van der Waals surface area contributed by atoms with E-state index in [4.69, 9.17) is 0 Å². The third kappa shape index (κ3) is 11.2. The van der Waals surface area contributed by atoms with Crippen LogP contribution in [0.3, 0.4) is 0 Å². The maximum atomic E-state index is 10.4. The average Bonchev–Trinajstić information content (AvgIpc) is 2.45. The van der Waals surface area contributed by atoms with E-state index in [-0.39, 0.29) is 0 Å². The number of aromatic amines is 1. The number of aromatic nitrogens is 1. The lowest BCUT2D eigenvalue weighted by molar-refractivity contribution is -0.377. The van der Waals surface area contributed by atoms with E-state index < -0.39 is 6.09 Å². The van der Waals surface area contributed by atoms with E-state index in [0.29, 0.717) is 13.1 Å². The van der Waals surface area contributed by atoms with Gasteiger partial charge in [0, 0.05) is 25.2 Å². The quantitative estimate of drug-likeness (QED) is 0.597. The largest absolute Gasteiger partial charge is 0.529 e. The van der Waals surface area contributed by atoms with Crippen molar-refractivity contribution < 1.29 is 14.9 Å². The van der Waals surface area contributed by atoms with Crippen LogP contribution in [0, 0.1) is 0 Å². The zero-order valence-electron chi connectivity index (χ0n) is 11.9. The minimum Gasteiger partial charge on any atom is -0.529 e. The summed E-state index contributed by atoms with van der Waals surface area (Å²) < 4.78 is 0. The Morgan fingerprint density at radius 1 is 1.16 bits per heavy atom. The van der Waals surface area contributed by atoms with Gasteiger partial charge in [0.05, 0.1) is 0 Å². The minimum atomic E-state index is -1.15. The molecule has 0 saturated carbocycles. The Hall–Kier alpha value is -1.62. The van der Waals surface area contributed by atoms with Gasteiger partial charge >= 0.3 is 0 Å². The molecule has 0 aliphatic rings. The van der Waals surface area contributed by atoms with Crippen molar-refractivity contribution in [3.8, 4) is 0 Å². The summed E-state index contributed by atoms with van der Waals surface area (Å²) in [5.74, 6) is 0. The second kappa shape index (κ2) is 12.8. The van der Waals surface area contributed by atoms with Gasteiger partial charge in [0.1, 0.15) is 0 Å². The second-order valence-electron chi connectivity index (χ2n) is 4.06. The number of carboxylic acid groups (broad SMARTS) is 1. The molecular formula is C14H25N3O2. The molecule has 0 saturated heterocycles. The number of unbranched alkanes of at least 4 members (excludes halogenated alkanes) is 3. The molecule has 108 valence electrons. The first kappa shape index (κ1) is 17.4. The Morgan fingerprint density at radius 2 is 1.84 bits per heavy atom. The maximum absolute atomic E-state index is 10.4. The van der Waals surface area contributed by atoms with E-state index >= 15 is 0 Å². The highest BCUT2D eigenvalue weighted by Gasteiger charge is 1.98. The fraction of sp³-hybridized carbons (Fsp3) is 0.571. The molecule has 0 unspecified atom stereocenters. The van der Waals surface area contributed by atoms with Crippen molar-refractivity contribution in [3.63, 3.8) is 0 Å². The lowest BCUT2D eigenvalue weighted by Gasteiger charge is -2.23. The highest BCUT2D eigenvalue weighted by atomic mass is 16.4. The standard InChI is InChI=1S/C9H20N2O2.C5H5N/c1-3-5-6-7-8-10-11(4-2)9(12)13;1-2-4-6-5-3-1/h10H,3-8H2,1-2H3,(H,12,13);1-5H. The van der Waals surface area contributed by atoms with Gasteiger partial charge in [-0.25, -0.2) is 10.4 Å². The van der Waals surface area contributed by atoms with Crippen LogP contribution in [-0.2, 0) is 0 Å². The number of nitrogens with zero attached hydrogens (tertiary/aromatic N) is 1. The van der Waals surface area contributed by atoms with Gasteiger partial charge < -0.3 is 9.90 Å². The van der Waals surface area contributed by atoms with E-state index in [1.54, 1.807) is 6.92 Å². The van der Waals surface area contributed by atoms with E-state index in [1.165, 1.54) is 12.8 Å². The maximum Gasteiger partial charge on any atom is 0.166 e. The molecule has 0 aromatic carbocycles.